The van der Waals surface area contributed by atoms with E-state index in [2.05, 4.69) is 0 Å². The summed E-state index contributed by atoms with van der Waals surface area (Å²) in [4.78, 5) is 27.2. The molecule has 0 radical (unpaired) electrons. The minimum atomic E-state index is -0.0942. The van der Waals surface area contributed by atoms with Gasteiger partial charge in [-0.2, -0.15) is 0 Å². The highest BCUT2D eigenvalue weighted by Crippen LogP contribution is 2.15. The maximum absolute atomic E-state index is 12.9. The summed E-state index contributed by atoms with van der Waals surface area (Å²) in [5.41, 5.74) is 3.41. The van der Waals surface area contributed by atoms with E-state index in [-0.39, 0.29) is 40.8 Å². The monoisotopic (exact) mass is 540 g/mol. The zero-order chi connectivity index (χ0) is 23.4. The van der Waals surface area contributed by atoms with E-state index in [9.17, 15) is 9.59 Å². The fraction of sp³-hybridized carbons (Fsp3) is 0.192. The Morgan fingerprint density at radius 1 is 0.882 bits per heavy atom. The maximum Gasteiger partial charge on any atom is 0.226 e. The van der Waals surface area contributed by atoms with Crippen LogP contribution in [0.2, 0.25) is 5.02 Å². The zero-order valence-corrected chi connectivity index (χ0v) is 21.2. The molecule has 0 fully saturated rings. The summed E-state index contributed by atoms with van der Waals surface area (Å²) in [5.74, 6) is -0.0711. The number of rotatable bonds is 8. The van der Waals surface area contributed by atoms with Crippen LogP contribution in [0.15, 0.2) is 78.9 Å². The van der Waals surface area contributed by atoms with Crippen molar-refractivity contribution < 1.29 is 9.59 Å². The van der Waals surface area contributed by atoms with Crippen molar-refractivity contribution in [1.29, 1.82) is 5.41 Å². The molecule has 0 spiro atoms. The van der Waals surface area contributed by atoms with Gasteiger partial charge in [0.05, 0.1) is 24.0 Å². The van der Waals surface area contributed by atoms with E-state index in [4.69, 9.17) is 17.0 Å². The number of nitrogens with one attached hydrogen (secondary N) is 1. The number of likely N-dealkylation sites (N-methyl/N-ethyl adjacent to an activating group) is 1. The second-order valence-electron chi connectivity index (χ2n) is 7.96. The second kappa shape index (κ2) is 11.3. The highest BCUT2D eigenvalue weighted by molar-refractivity contribution is 8.93. The Morgan fingerprint density at radius 3 is 2.12 bits per heavy atom. The third-order valence-corrected chi connectivity index (χ3v) is 5.98. The van der Waals surface area contributed by atoms with Gasteiger partial charge in [-0.1, -0.05) is 54.1 Å². The number of amides is 1. The van der Waals surface area contributed by atoms with E-state index in [1.54, 1.807) is 40.8 Å². The molecule has 0 saturated heterocycles. The number of para-hydroxylation sites is 2. The van der Waals surface area contributed by atoms with Crippen molar-refractivity contribution in [1.82, 2.24) is 14.0 Å². The molecule has 34 heavy (non-hydrogen) atoms. The number of nitrogens with zero attached hydrogens (tertiary/aromatic N) is 3. The number of aromatic nitrogens is 2. The number of halogens is 2. The van der Waals surface area contributed by atoms with Crippen molar-refractivity contribution >= 4 is 51.3 Å². The number of hydrogen-bond acceptors (Lipinski definition) is 3. The van der Waals surface area contributed by atoms with Crippen molar-refractivity contribution in [2.24, 2.45) is 0 Å². The summed E-state index contributed by atoms with van der Waals surface area (Å²) in [5, 5.41) is 9.32. The molecule has 1 aromatic heterocycles. The molecule has 3 aromatic carbocycles. The summed E-state index contributed by atoms with van der Waals surface area (Å²) in [6.07, 6.45) is 0.340. The summed E-state index contributed by atoms with van der Waals surface area (Å²) < 4.78 is 3.55. The lowest BCUT2D eigenvalue weighted by molar-refractivity contribution is -0.129. The Morgan fingerprint density at radius 2 is 1.47 bits per heavy atom. The second-order valence-corrected chi connectivity index (χ2v) is 8.39. The Labute approximate surface area is 213 Å². The van der Waals surface area contributed by atoms with Crippen molar-refractivity contribution in [2.75, 3.05) is 13.6 Å². The predicted octanol–water partition coefficient (Wildman–Crippen LogP) is 4.74. The van der Waals surface area contributed by atoms with Crippen molar-refractivity contribution in [3.8, 4) is 0 Å². The lowest BCUT2D eigenvalue weighted by Crippen LogP contribution is -2.34. The third-order valence-electron chi connectivity index (χ3n) is 5.73. The molecule has 4 aromatic rings. The maximum atomic E-state index is 12.9. The SMILES string of the molecule is Br.CN(CCn1c(=N)n(CC(=O)c2ccc(Cl)cc2)c2ccccc21)C(=O)Cc1ccccc1. The average Bonchev–Trinajstić information content (AvgIpc) is 3.09. The van der Waals surface area contributed by atoms with E-state index in [0.29, 0.717) is 30.1 Å². The molecule has 1 heterocycles. The van der Waals surface area contributed by atoms with Gasteiger partial charge in [-0.25, -0.2) is 0 Å². The van der Waals surface area contributed by atoms with E-state index in [1.807, 2.05) is 59.2 Å². The number of Topliss-reactive ketones (excluding diaryl/α,β-unsaturated/α-hetero) is 1. The highest BCUT2D eigenvalue weighted by atomic mass is 79.9. The molecule has 1 amide bonds. The first-order chi connectivity index (χ1) is 15.9. The summed E-state index contributed by atoms with van der Waals surface area (Å²) in [6, 6.07) is 24.1. The summed E-state index contributed by atoms with van der Waals surface area (Å²) in [7, 11) is 1.78. The van der Waals surface area contributed by atoms with Crippen LogP contribution in [0.25, 0.3) is 11.0 Å². The molecule has 0 atom stereocenters. The van der Waals surface area contributed by atoms with Gasteiger partial charge in [0.15, 0.2) is 5.78 Å². The normalized spacial score (nSPS) is 10.6. The molecule has 0 aliphatic heterocycles. The zero-order valence-electron chi connectivity index (χ0n) is 18.8. The van der Waals surface area contributed by atoms with Crippen molar-refractivity contribution in [2.45, 2.75) is 19.5 Å². The standard InChI is InChI=1S/C26H25ClN4O2.BrH/c1-29(25(33)17-19-7-3-2-4-8-19)15-16-30-22-9-5-6-10-23(22)31(26(30)28)18-24(32)20-11-13-21(27)14-12-20;/h2-14,28H,15-18H2,1H3;1H. The molecule has 4 rings (SSSR count). The number of carbonyl (C=O) groups excluding carboxylic acids is 2. The number of ketones is 1. The minimum absolute atomic E-state index is 0. The van der Waals surface area contributed by atoms with E-state index in [0.717, 1.165) is 16.6 Å². The first-order valence-corrected chi connectivity index (χ1v) is 11.1. The molecular weight excluding hydrogens is 516 g/mol. The van der Waals surface area contributed by atoms with Gasteiger partial charge in [-0.3, -0.25) is 15.0 Å². The number of benzene rings is 3. The van der Waals surface area contributed by atoms with Gasteiger partial charge >= 0.3 is 0 Å². The molecule has 0 bridgehead atoms. The molecule has 0 aliphatic carbocycles. The number of hydrogen-bond donors (Lipinski definition) is 1. The molecular formula is C26H26BrClN4O2. The highest BCUT2D eigenvalue weighted by Gasteiger charge is 2.16. The molecule has 0 aliphatic rings. The van der Waals surface area contributed by atoms with E-state index in [1.165, 1.54) is 0 Å². The van der Waals surface area contributed by atoms with Gasteiger partial charge in [0, 0.05) is 30.7 Å². The van der Waals surface area contributed by atoms with Crippen LogP contribution in [0.4, 0.5) is 0 Å². The van der Waals surface area contributed by atoms with Crippen LogP contribution in [0, 0.1) is 5.41 Å². The topological polar surface area (TPSA) is 71.1 Å². The van der Waals surface area contributed by atoms with E-state index < -0.39 is 0 Å². The Bertz CT molecular complexity index is 1350. The van der Waals surface area contributed by atoms with Crippen LogP contribution in [0.5, 0.6) is 0 Å². The van der Waals surface area contributed by atoms with Gasteiger partial charge in [-0.15, -0.1) is 17.0 Å². The Kier molecular flexibility index (Phi) is 8.47. The van der Waals surface area contributed by atoms with Gasteiger partial charge in [0.2, 0.25) is 11.5 Å². The number of imidazole rings is 1. The molecule has 1 N–H and O–H groups in total. The van der Waals surface area contributed by atoms with Gasteiger partial charge in [-0.05, 0) is 42.0 Å². The number of fused-ring (bicyclic) bond motifs is 1. The van der Waals surface area contributed by atoms with Crippen LogP contribution < -0.4 is 5.62 Å². The first-order valence-electron chi connectivity index (χ1n) is 10.7. The van der Waals surface area contributed by atoms with Gasteiger partial charge in [0.1, 0.15) is 0 Å². The number of carbonyl (C=O) groups is 2. The van der Waals surface area contributed by atoms with Crippen LogP contribution >= 0.6 is 28.6 Å². The molecule has 6 nitrogen and oxygen atoms in total. The van der Waals surface area contributed by atoms with Crippen molar-refractivity contribution in [3.63, 3.8) is 0 Å². The molecule has 8 heteroatoms. The molecule has 176 valence electrons. The summed E-state index contributed by atoms with van der Waals surface area (Å²) in [6.45, 7) is 0.969. The van der Waals surface area contributed by atoms with Crippen LogP contribution in [-0.4, -0.2) is 39.3 Å². The Hall–Kier alpha value is -3.16. The van der Waals surface area contributed by atoms with Crippen LogP contribution in [0.3, 0.4) is 0 Å². The first kappa shape index (κ1) is 25.5. The van der Waals surface area contributed by atoms with E-state index >= 15 is 0 Å². The molecule has 0 saturated carbocycles. The fourth-order valence-electron chi connectivity index (χ4n) is 3.83. The smallest absolute Gasteiger partial charge is 0.226 e. The lowest BCUT2D eigenvalue weighted by atomic mass is 10.1. The van der Waals surface area contributed by atoms with Gasteiger partial charge < -0.3 is 14.0 Å². The lowest BCUT2D eigenvalue weighted by Gasteiger charge is -2.18. The molecule has 0 unspecified atom stereocenters. The van der Waals surface area contributed by atoms with Crippen molar-refractivity contribution in [3.05, 3.63) is 101 Å². The Balaban J connectivity index is 0.00000324. The quantitative estimate of drug-likeness (QED) is 0.327. The summed E-state index contributed by atoms with van der Waals surface area (Å²) >= 11 is 5.93. The minimum Gasteiger partial charge on any atom is -0.344 e. The largest absolute Gasteiger partial charge is 0.344 e. The fourth-order valence-corrected chi connectivity index (χ4v) is 3.96. The van der Waals surface area contributed by atoms with Crippen LogP contribution in [0.1, 0.15) is 15.9 Å². The third kappa shape index (κ3) is 5.66. The van der Waals surface area contributed by atoms with Gasteiger partial charge in [0.25, 0.3) is 0 Å². The predicted molar refractivity (Wildman–Crippen MR) is 140 cm³/mol. The van der Waals surface area contributed by atoms with Crippen LogP contribution in [-0.2, 0) is 24.3 Å². The average molecular weight is 542 g/mol.